The zero-order chi connectivity index (χ0) is 16.5. The number of likely N-dealkylation sites (N-methyl/N-ethyl adjacent to an activating group) is 1. The molecule has 0 bridgehead atoms. The highest BCUT2D eigenvalue weighted by molar-refractivity contribution is 5.92. The summed E-state index contributed by atoms with van der Waals surface area (Å²) in [6, 6.07) is 5.66. The number of carbonyl (C=O) groups is 2. The molecule has 0 spiro atoms. The first-order valence-electron chi connectivity index (χ1n) is 6.89. The number of hydrogen-bond donors (Lipinski definition) is 1. The van der Waals surface area contributed by atoms with Gasteiger partial charge in [0.1, 0.15) is 5.82 Å². The summed E-state index contributed by atoms with van der Waals surface area (Å²) in [5.41, 5.74) is 0.385. The maximum atomic E-state index is 13.1. The van der Waals surface area contributed by atoms with Gasteiger partial charge in [0.2, 0.25) is 11.8 Å². The van der Waals surface area contributed by atoms with E-state index >= 15 is 0 Å². The summed E-state index contributed by atoms with van der Waals surface area (Å²) >= 11 is 0. The van der Waals surface area contributed by atoms with Crippen molar-refractivity contribution in [3.8, 4) is 0 Å². The van der Waals surface area contributed by atoms with Gasteiger partial charge in [-0.2, -0.15) is 0 Å². The maximum absolute atomic E-state index is 13.1. The predicted octanol–water partition coefficient (Wildman–Crippen LogP) is 0.801. The average molecular weight is 311 g/mol. The number of rotatable bonds is 8. The highest BCUT2D eigenvalue weighted by Crippen LogP contribution is 2.09. The van der Waals surface area contributed by atoms with Crippen LogP contribution in [0.4, 0.5) is 10.1 Å². The average Bonchev–Trinajstić information content (AvgIpc) is 2.44. The number of benzene rings is 1. The number of nitrogens with one attached hydrogen (secondary N) is 1. The van der Waals surface area contributed by atoms with Gasteiger partial charge in [-0.1, -0.05) is 6.07 Å². The molecule has 1 aromatic carbocycles. The van der Waals surface area contributed by atoms with Crippen LogP contribution in [0.15, 0.2) is 24.3 Å². The molecule has 0 aliphatic carbocycles. The molecule has 0 aromatic heterocycles. The van der Waals surface area contributed by atoms with Gasteiger partial charge in [-0.25, -0.2) is 4.39 Å². The number of halogens is 1. The van der Waals surface area contributed by atoms with Crippen LogP contribution < -0.4 is 5.32 Å². The summed E-state index contributed by atoms with van der Waals surface area (Å²) in [7, 11) is 4.87. The highest BCUT2D eigenvalue weighted by Gasteiger charge is 2.15. The lowest BCUT2D eigenvalue weighted by atomic mass is 10.3. The van der Waals surface area contributed by atoms with Crippen LogP contribution in [0.5, 0.6) is 0 Å². The topological polar surface area (TPSA) is 61.9 Å². The van der Waals surface area contributed by atoms with E-state index in [1.165, 1.54) is 23.1 Å². The van der Waals surface area contributed by atoms with Crippen molar-refractivity contribution in [3.63, 3.8) is 0 Å². The van der Waals surface area contributed by atoms with Crippen LogP contribution in [0.1, 0.15) is 0 Å². The predicted molar refractivity (Wildman–Crippen MR) is 82.0 cm³/mol. The van der Waals surface area contributed by atoms with Crippen LogP contribution in [0.3, 0.4) is 0 Å². The number of hydrogen-bond acceptors (Lipinski definition) is 4. The van der Waals surface area contributed by atoms with Crippen LogP contribution in [0, 0.1) is 5.82 Å². The van der Waals surface area contributed by atoms with Crippen LogP contribution in [-0.4, -0.2) is 69.1 Å². The van der Waals surface area contributed by atoms with Gasteiger partial charge in [0.15, 0.2) is 0 Å². The maximum Gasteiger partial charge on any atom is 0.238 e. The summed E-state index contributed by atoms with van der Waals surface area (Å²) in [5.74, 6) is -0.834. The van der Waals surface area contributed by atoms with Gasteiger partial charge in [0, 0.05) is 33.4 Å². The van der Waals surface area contributed by atoms with E-state index in [1.807, 2.05) is 0 Å². The van der Waals surface area contributed by atoms with Crippen molar-refractivity contribution < 1.29 is 18.7 Å². The first-order valence-corrected chi connectivity index (χ1v) is 6.89. The number of methoxy groups -OCH3 is 1. The number of amides is 2. The SMILES string of the molecule is COCCN(CC(=O)Nc1cccc(F)c1)CC(=O)N(C)C. The van der Waals surface area contributed by atoms with Gasteiger partial charge in [-0.05, 0) is 18.2 Å². The molecule has 0 aliphatic heterocycles. The molecule has 0 heterocycles. The molecule has 122 valence electrons. The first kappa shape index (κ1) is 18.1. The summed E-state index contributed by atoms with van der Waals surface area (Å²) < 4.78 is 18.1. The molecule has 1 rings (SSSR count). The standard InChI is InChI=1S/C15H22FN3O3/c1-18(2)15(21)11-19(7-8-22-3)10-14(20)17-13-6-4-5-12(16)9-13/h4-6,9H,7-8,10-11H2,1-3H3,(H,17,20). The lowest BCUT2D eigenvalue weighted by Crippen LogP contribution is -2.42. The Kier molecular flexibility index (Phi) is 7.48. The molecule has 0 fully saturated rings. The molecule has 6 nitrogen and oxygen atoms in total. The largest absolute Gasteiger partial charge is 0.383 e. The van der Waals surface area contributed by atoms with Crippen molar-refractivity contribution in [1.29, 1.82) is 0 Å². The lowest BCUT2D eigenvalue weighted by molar-refractivity contribution is -0.130. The quantitative estimate of drug-likeness (QED) is 0.771. The zero-order valence-electron chi connectivity index (χ0n) is 13.1. The number of ether oxygens (including phenoxy) is 1. The highest BCUT2D eigenvalue weighted by atomic mass is 19.1. The van der Waals surface area contributed by atoms with Gasteiger partial charge >= 0.3 is 0 Å². The minimum Gasteiger partial charge on any atom is -0.383 e. The van der Waals surface area contributed by atoms with E-state index in [0.717, 1.165) is 0 Å². The van der Waals surface area contributed by atoms with Gasteiger partial charge in [-0.3, -0.25) is 14.5 Å². The van der Waals surface area contributed by atoms with Crippen molar-refractivity contribution in [2.75, 3.05) is 52.8 Å². The number of anilines is 1. The molecule has 0 saturated heterocycles. The smallest absolute Gasteiger partial charge is 0.238 e. The molecule has 7 heteroatoms. The van der Waals surface area contributed by atoms with Crippen molar-refractivity contribution in [3.05, 3.63) is 30.1 Å². The summed E-state index contributed by atoms with van der Waals surface area (Å²) in [6.45, 7) is 1.01. The second-order valence-corrected chi connectivity index (χ2v) is 5.05. The molecule has 0 unspecified atom stereocenters. The molecule has 0 aliphatic rings. The number of nitrogens with zero attached hydrogens (tertiary/aromatic N) is 2. The molecule has 0 radical (unpaired) electrons. The van der Waals surface area contributed by atoms with Gasteiger partial charge in [0.25, 0.3) is 0 Å². The monoisotopic (exact) mass is 311 g/mol. The Morgan fingerprint density at radius 3 is 2.59 bits per heavy atom. The van der Waals surface area contributed by atoms with Gasteiger partial charge < -0.3 is 15.0 Å². The van der Waals surface area contributed by atoms with Crippen molar-refractivity contribution in [2.45, 2.75) is 0 Å². The summed E-state index contributed by atoms with van der Waals surface area (Å²) in [4.78, 5) is 26.9. The molecule has 1 N–H and O–H groups in total. The Balaban J connectivity index is 2.59. The Hall–Kier alpha value is -1.99. The summed E-state index contributed by atoms with van der Waals surface area (Å²) in [6.07, 6.45) is 0. The molecular formula is C15H22FN3O3. The minimum atomic E-state index is -0.420. The normalized spacial score (nSPS) is 10.6. The summed E-state index contributed by atoms with van der Waals surface area (Å²) in [5, 5.41) is 2.61. The molecule has 0 saturated carbocycles. The van der Waals surface area contributed by atoms with E-state index in [-0.39, 0.29) is 24.9 Å². The second kappa shape index (κ2) is 9.11. The Bertz CT molecular complexity index is 509. The van der Waals surface area contributed by atoms with Crippen molar-refractivity contribution in [2.24, 2.45) is 0 Å². The lowest BCUT2D eigenvalue weighted by Gasteiger charge is -2.22. The fourth-order valence-electron chi connectivity index (χ4n) is 1.74. The van der Waals surface area contributed by atoms with E-state index in [4.69, 9.17) is 4.74 Å². The van der Waals surface area contributed by atoms with E-state index in [0.29, 0.717) is 18.8 Å². The fraction of sp³-hybridized carbons (Fsp3) is 0.467. The van der Waals surface area contributed by atoms with E-state index in [9.17, 15) is 14.0 Å². The third-order valence-corrected chi connectivity index (χ3v) is 2.94. The van der Waals surface area contributed by atoms with Crippen molar-refractivity contribution >= 4 is 17.5 Å². The molecule has 2 amide bonds. The second-order valence-electron chi connectivity index (χ2n) is 5.05. The molecule has 1 aromatic rings. The van der Waals surface area contributed by atoms with Crippen LogP contribution >= 0.6 is 0 Å². The molecule has 22 heavy (non-hydrogen) atoms. The van der Waals surface area contributed by atoms with E-state index in [1.54, 1.807) is 32.2 Å². The number of carbonyl (C=O) groups excluding carboxylic acids is 2. The van der Waals surface area contributed by atoms with E-state index < -0.39 is 5.82 Å². The van der Waals surface area contributed by atoms with Crippen LogP contribution in [-0.2, 0) is 14.3 Å². The van der Waals surface area contributed by atoms with E-state index in [2.05, 4.69) is 5.32 Å². The van der Waals surface area contributed by atoms with Crippen molar-refractivity contribution in [1.82, 2.24) is 9.80 Å². The fourth-order valence-corrected chi connectivity index (χ4v) is 1.74. The van der Waals surface area contributed by atoms with Gasteiger partial charge in [0.05, 0.1) is 19.7 Å². The Morgan fingerprint density at radius 1 is 1.27 bits per heavy atom. The minimum absolute atomic E-state index is 0.0272. The Morgan fingerprint density at radius 2 is 2.00 bits per heavy atom. The zero-order valence-corrected chi connectivity index (χ0v) is 13.1. The third kappa shape index (κ3) is 6.64. The third-order valence-electron chi connectivity index (χ3n) is 2.94. The molecular weight excluding hydrogens is 289 g/mol. The van der Waals surface area contributed by atoms with Crippen LogP contribution in [0.25, 0.3) is 0 Å². The Labute approximate surface area is 129 Å². The first-order chi connectivity index (χ1) is 10.4. The molecule has 0 atom stereocenters. The van der Waals surface area contributed by atoms with Gasteiger partial charge in [-0.15, -0.1) is 0 Å². The van der Waals surface area contributed by atoms with Crippen LogP contribution in [0.2, 0.25) is 0 Å².